The Morgan fingerprint density at radius 2 is 2.27 bits per heavy atom. The molecule has 5 nitrogen and oxygen atoms in total. The standard InChI is InChI=1S/C16H19FN2O3/c1-3-22-16(21)13-9-19-14-5-4-11(17)8-12(14)15(13)18-7-6-10(2)20/h4-5,8-10,20H,3,6-7H2,1-2H3,(H,18,19). The molecule has 1 aromatic carbocycles. The summed E-state index contributed by atoms with van der Waals surface area (Å²) in [5.41, 5.74) is 1.31. The van der Waals surface area contributed by atoms with Crippen LogP contribution in [0.4, 0.5) is 10.1 Å². The number of ether oxygens (including phenoxy) is 1. The Labute approximate surface area is 128 Å². The van der Waals surface area contributed by atoms with Gasteiger partial charge in [0.1, 0.15) is 11.4 Å². The van der Waals surface area contributed by atoms with Crippen LogP contribution in [0.3, 0.4) is 0 Å². The van der Waals surface area contributed by atoms with E-state index in [0.717, 1.165) is 0 Å². The van der Waals surface area contributed by atoms with Gasteiger partial charge in [-0.15, -0.1) is 0 Å². The minimum absolute atomic E-state index is 0.243. The van der Waals surface area contributed by atoms with E-state index >= 15 is 0 Å². The van der Waals surface area contributed by atoms with Crippen molar-refractivity contribution >= 4 is 22.6 Å². The zero-order valence-corrected chi connectivity index (χ0v) is 12.6. The number of esters is 1. The zero-order chi connectivity index (χ0) is 16.1. The number of aliphatic hydroxyl groups is 1. The number of carbonyl (C=O) groups is 1. The first kappa shape index (κ1) is 16.2. The van der Waals surface area contributed by atoms with Gasteiger partial charge in [-0.25, -0.2) is 9.18 Å². The summed E-state index contributed by atoms with van der Waals surface area (Å²) in [7, 11) is 0. The molecular weight excluding hydrogens is 287 g/mol. The summed E-state index contributed by atoms with van der Waals surface area (Å²) in [5.74, 6) is -0.922. The molecule has 2 rings (SSSR count). The average molecular weight is 306 g/mol. The van der Waals surface area contributed by atoms with Gasteiger partial charge >= 0.3 is 5.97 Å². The van der Waals surface area contributed by atoms with Crippen LogP contribution < -0.4 is 5.32 Å². The normalized spacial score (nSPS) is 12.2. The van der Waals surface area contributed by atoms with Crippen LogP contribution >= 0.6 is 0 Å². The van der Waals surface area contributed by atoms with Crippen LogP contribution in [0.2, 0.25) is 0 Å². The predicted octanol–water partition coefficient (Wildman–Crippen LogP) is 2.73. The molecule has 6 heteroatoms. The van der Waals surface area contributed by atoms with Crippen molar-refractivity contribution in [2.45, 2.75) is 26.4 Å². The van der Waals surface area contributed by atoms with Gasteiger partial charge in [0.2, 0.25) is 0 Å². The highest BCUT2D eigenvalue weighted by Gasteiger charge is 2.17. The number of anilines is 1. The Morgan fingerprint density at radius 1 is 1.50 bits per heavy atom. The zero-order valence-electron chi connectivity index (χ0n) is 12.6. The van der Waals surface area contributed by atoms with Crippen molar-refractivity contribution in [3.8, 4) is 0 Å². The molecule has 0 amide bonds. The lowest BCUT2D eigenvalue weighted by atomic mass is 10.1. The molecule has 1 unspecified atom stereocenters. The molecule has 0 bridgehead atoms. The van der Waals surface area contributed by atoms with Crippen LogP contribution in [0.25, 0.3) is 10.9 Å². The van der Waals surface area contributed by atoms with Crippen molar-refractivity contribution < 1.29 is 19.0 Å². The average Bonchev–Trinajstić information content (AvgIpc) is 2.47. The molecule has 1 atom stereocenters. The third-order valence-electron chi connectivity index (χ3n) is 3.19. The van der Waals surface area contributed by atoms with Crippen molar-refractivity contribution in [2.24, 2.45) is 0 Å². The van der Waals surface area contributed by atoms with Crippen LogP contribution in [0.1, 0.15) is 30.6 Å². The summed E-state index contributed by atoms with van der Waals surface area (Å²) in [6.45, 7) is 4.08. The number of nitrogens with one attached hydrogen (secondary N) is 1. The fourth-order valence-corrected chi connectivity index (χ4v) is 2.12. The second-order valence-electron chi connectivity index (χ2n) is 4.99. The summed E-state index contributed by atoms with van der Waals surface area (Å²) in [6, 6.07) is 4.20. The summed E-state index contributed by atoms with van der Waals surface area (Å²) in [4.78, 5) is 16.2. The monoisotopic (exact) mass is 306 g/mol. The van der Waals surface area contributed by atoms with E-state index in [2.05, 4.69) is 10.3 Å². The highest BCUT2D eigenvalue weighted by Crippen LogP contribution is 2.27. The molecule has 0 fully saturated rings. The third kappa shape index (κ3) is 3.71. The maximum atomic E-state index is 13.5. The van der Waals surface area contributed by atoms with Gasteiger partial charge in [-0.2, -0.15) is 0 Å². The predicted molar refractivity (Wildman–Crippen MR) is 82.4 cm³/mol. The molecule has 2 aromatic rings. The van der Waals surface area contributed by atoms with Crippen LogP contribution in [0, 0.1) is 5.82 Å². The number of halogens is 1. The van der Waals surface area contributed by atoms with Crippen LogP contribution in [0.5, 0.6) is 0 Å². The first-order valence-corrected chi connectivity index (χ1v) is 7.20. The molecule has 1 heterocycles. The Bertz CT molecular complexity index is 674. The number of nitrogens with zero attached hydrogens (tertiary/aromatic N) is 1. The summed E-state index contributed by atoms with van der Waals surface area (Å²) in [5, 5.41) is 12.9. The van der Waals surface area contributed by atoms with Crippen molar-refractivity contribution in [3.63, 3.8) is 0 Å². The van der Waals surface area contributed by atoms with Crippen molar-refractivity contribution in [3.05, 3.63) is 35.8 Å². The van der Waals surface area contributed by atoms with Gasteiger partial charge in [0, 0.05) is 18.1 Å². The van der Waals surface area contributed by atoms with Crippen molar-refractivity contribution in [1.29, 1.82) is 0 Å². The molecule has 0 saturated carbocycles. The Kier molecular flexibility index (Phi) is 5.27. The number of hydrogen-bond donors (Lipinski definition) is 2. The molecule has 118 valence electrons. The largest absolute Gasteiger partial charge is 0.462 e. The molecular formula is C16H19FN2O3. The third-order valence-corrected chi connectivity index (χ3v) is 3.19. The van der Waals surface area contributed by atoms with E-state index in [9.17, 15) is 14.3 Å². The highest BCUT2D eigenvalue weighted by atomic mass is 19.1. The van der Waals surface area contributed by atoms with Gasteiger partial charge < -0.3 is 15.2 Å². The van der Waals surface area contributed by atoms with Gasteiger partial charge in [0.25, 0.3) is 0 Å². The molecule has 0 saturated heterocycles. The molecule has 1 aromatic heterocycles. The van der Waals surface area contributed by atoms with Gasteiger partial charge in [0.15, 0.2) is 0 Å². The maximum absolute atomic E-state index is 13.5. The molecule has 2 N–H and O–H groups in total. The minimum Gasteiger partial charge on any atom is -0.462 e. The SMILES string of the molecule is CCOC(=O)c1cnc2ccc(F)cc2c1NCCC(C)O. The second kappa shape index (κ2) is 7.17. The lowest BCUT2D eigenvalue weighted by Gasteiger charge is -2.14. The van der Waals surface area contributed by atoms with E-state index in [-0.39, 0.29) is 12.2 Å². The van der Waals surface area contributed by atoms with Crippen LogP contribution in [-0.2, 0) is 4.74 Å². The fourth-order valence-electron chi connectivity index (χ4n) is 2.12. The summed E-state index contributed by atoms with van der Waals surface area (Å²) < 4.78 is 18.5. The van der Waals surface area contributed by atoms with E-state index in [0.29, 0.717) is 29.6 Å². The molecule has 0 aliphatic rings. The molecule has 0 aliphatic carbocycles. The smallest absolute Gasteiger partial charge is 0.341 e. The number of benzene rings is 1. The minimum atomic E-state index is -0.513. The quantitative estimate of drug-likeness (QED) is 0.803. The van der Waals surface area contributed by atoms with Gasteiger partial charge in [-0.1, -0.05) is 0 Å². The Balaban J connectivity index is 2.46. The Morgan fingerprint density at radius 3 is 2.95 bits per heavy atom. The van der Waals surface area contributed by atoms with Gasteiger partial charge in [-0.05, 0) is 38.5 Å². The van der Waals surface area contributed by atoms with Gasteiger partial charge in [-0.3, -0.25) is 4.98 Å². The second-order valence-corrected chi connectivity index (χ2v) is 4.99. The van der Waals surface area contributed by atoms with E-state index in [1.165, 1.54) is 18.3 Å². The van der Waals surface area contributed by atoms with E-state index in [1.54, 1.807) is 19.9 Å². The first-order chi connectivity index (χ1) is 10.5. The summed E-state index contributed by atoms with van der Waals surface area (Å²) in [6.07, 6.45) is 1.45. The number of aromatic nitrogens is 1. The molecule has 0 aliphatic heterocycles. The summed E-state index contributed by atoms with van der Waals surface area (Å²) >= 11 is 0. The van der Waals surface area contributed by atoms with Crippen molar-refractivity contribution in [2.75, 3.05) is 18.5 Å². The molecule has 0 spiro atoms. The number of carbonyl (C=O) groups excluding carboxylic acids is 1. The lowest BCUT2D eigenvalue weighted by molar-refractivity contribution is 0.0527. The van der Waals surface area contributed by atoms with Crippen LogP contribution in [-0.4, -0.2) is 35.3 Å². The van der Waals surface area contributed by atoms with Crippen LogP contribution in [0.15, 0.2) is 24.4 Å². The lowest BCUT2D eigenvalue weighted by Crippen LogP contribution is -2.14. The Hall–Kier alpha value is -2.21. The molecule has 22 heavy (non-hydrogen) atoms. The number of aliphatic hydroxyl groups excluding tert-OH is 1. The number of fused-ring (bicyclic) bond motifs is 1. The fraction of sp³-hybridized carbons (Fsp3) is 0.375. The maximum Gasteiger partial charge on any atom is 0.341 e. The number of pyridine rings is 1. The number of hydrogen-bond acceptors (Lipinski definition) is 5. The van der Waals surface area contributed by atoms with E-state index in [1.807, 2.05) is 0 Å². The van der Waals surface area contributed by atoms with E-state index < -0.39 is 17.9 Å². The molecule has 0 radical (unpaired) electrons. The van der Waals surface area contributed by atoms with Crippen molar-refractivity contribution in [1.82, 2.24) is 4.98 Å². The van der Waals surface area contributed by atoms with E-state index in [4.69, 9.17) is 4.74 Å². The topological polar surface area (TPSA) is 71.5 Å². The number of rotatable bonds is 6. The van der Waals surface area contributed by atoms with Gasteiger partial charge in [0.05, 0.1) is 23.9 Å². The highest BCUT2D eigenvalue weighted by molar-refractivity contribution is 6.04. The first-order valence-electron chi connectivity index (χ1n) is 7.20.